The van der Waals surface area contributed by atoms with Crippen LogP contribution in [0, 0.1) is 0 Å². The summed E-state index contributed by atoms with van der Waals surface area (Å²) in [5.41, 5.74) is 5.69. The lowest BCUT2D eigenvalue weighted by atomic mass is 10.3. The van der Waals surface area contributed by atoms with Crippen molar-refractivity contribution in [2.45, 2.75) is 0 Å². The summed E-state index contributed by atoms with van der Waals surface area (Å²) in [5.74, 6) is 0.157. The molecule has 5 nitrogen and oxygen atoms in total. The number of aromatic nitrogens is 3. The Morgan fingerprint density at radius 1 is 1.50 bits per heavy atom. The molecule has 2 heterocycles. The topological polar surface area (TPSA) is 84.7 Å². The number of pyridine rings is 1. The molecule has 60 valence electrons. The Kier molecular flexibility index (Phi) is 1.30. The minimum atomic E-state index is -0.108. The molecule has 0 saturated heterocycles. The number of aromatic amines is 1. The smallest absolute Gasteiger partial charge is 0.221 e. The van der Waals surface area contributed by atoms with Gasteiger partial charge in [-0.25, -0.2) is 4.98 Å². The summed E-state index contributed by atoms with van der Waals surface area (Å²) in [4.78, 5) is 21.5. The SMILES string of the molecule is Nc1ncc2c(=O)cc[nH]c2n1. The molecule has 0 aliphatic rings. The van der Waals surface area contributed by atoms with Crippen LogP contribution in [0.1, 0.15) is 0 Å². The lowest BCUT2D eigenvalue weighted by molar-refractivity contribution is 1.19. The number of H-pyrrole nitrogens is 1. The number of hydrogen-bond acceptors (Lipinski definition) is 4. The first-order valence-electron chi connectivity index (χ1n) is 3.37. The van der Waals surface area contributed by atoms with E-state index >= 15 is 0 Å². The standard InChI is InChI=1S/C7H6N4O/c8-7-10-3-4-5(12)1-2-9-6(4)11-7/h1-3H,(H3,8,9,10,11,12). The van der Waals surface area contributed by atoms with Gasteiger partial charge in [-0.1, -0.05) is 0 Å². The molecule has 0 amide bonds. The average molecular weight is 162 g/mol. The third-order valence-corrected chi connectivity index (χ3v) is 1.53. The zero-order valence-electron chi connectivity index (χ0n) is 6.11. The molecular formula is C7H6N4O. The zero-order chi connectivity index (χ0) is 8.55. The second kappa shape index (κ2) is 2.30. The molecule has 0 fully saturated rings. The molecule has 0 bridgehead atoms. The van der Waals surface area contributed by atoms with E-state index in [2.05, 4.69) is 15.0 Å². The van der Waals surface area contributed by atoms with Gasteiger partial charge in [-0.3, -0.25) is 4.79 Å². The van der Waals surface area contributed by atoms with Crippen molar-refractivity contribution in [3.63, 3.8) is 0 Å². The van der Waals surface area contributed by atoms with Gasteiger partial charge in [-0.05, 0) is 0 Å². The Bertz CT molecular complexity index is 476. The number of nitrogens with one attached hydrogen (secondary N) is 1. The summed E-state index contributed by atoms with van der Waals surface area (Å²) in [6.07, 6.45) is 2.94. The molecule has 0 radical (unpaired) electrons. The summed E-state index contributed by atoms with van der Waals surface area (Å²) < 4.78 is 0. The highest BCUT2D eigenvalue weighted by atomic mass is 16.1. The maximum absolute atomic E-state index is 11.1. The van der Waals surface area contributed by atoms with Crippen molar-refractivity contribution in [2.24, 2.45) is 0 Å². The molecule has 0 saturated carbocycles. The number of hydrogen-bond donors (Lipinski definition) is 2. The second-order valence-corrected chi connectivity index (χ2v) is 2.33. The summed E-state index contributed by atoms with van der Waals surface area (Å²) in [7, 11) is 0. The minimum absolute atomic E-state index is 0.108. The van der Waals surface area contributed by atoms with E-state index in [1.807, 2.05) is 0 Å². The zero-order valence-corrected chi connectivity index (χ0v) is 6.11. The van der Waals surface area contributed by atoms with E-state index in [1.54, 1.807) is 0 Å². The van der Waals surface area contributed by atoms with Gasteiger partial charge in [0.15, 0.2) is 5.43 Å². The van der Waals surface area contributed by atoms with E-state index in [-0.39, 0.29) is 11.4 Å². The molecule has 0 aliphatic heterocycles. The van der Waals surface area contributed by atoms with E-state index in [0.29, 0.717) is 11.0 Å². The first-order chi connectivity index (χ1) is 5.77. The average Bonchev–Trinajstić information content (AvgIpc) is 2.04. The van der Waals surface area contributed by atoms with E-state index in [1.165, 1.54) is 18.5 Å². The van der Waals surface area contributed by atoms with Crippen molar-refractivity contribution in [3.05, 3.63) is 28.7 Å². The molecule has 2 rings (SSSR count). The molecule has 2 aromatic heterocycles. The lowest BCUT2D eigenvalue weighted by Crippen LogP contribution is -2.04. The lowest BCUT2D eigenvalue weighted by Gasteiger charge is -1.94. The first-order valence-corrected chi connectivity index (χ1v) is 3.37. The molecule has 0 aliphatic carbocycles. The number of anilines is 1. The van der Waals surface area contributed by atoms with Crippen LogP contribution in [0.5, 0.6) is 0 Å². The Labute approximate surface area is 67.3 Å². The van der Waals surface area contributed by atoms with Crippen LogP contribution in [0.2, 0.25) is 0 Å². The van der Waals surface area contributed by atoms with Crippen LogP contribution in [-0.4, -0.2) is 15.0 Å². The number of fused-ring (bicyclic) bond motifs is 1. The molecule has 0 unspecified atom stereocenters. The summed E-state index contributed by atoms with van der Waals surface area (Å²) in [5, 5.41) is 0.451. The van der Waals surface area contributed by atoms with Crippen LogP contribution in [0.4, 0.5) is 5.95 Å². The summed E-state index contributed by atoms with van der Waals surface area (Å²) in [6, 6.07) is 1.42. The monoisotopic (exact) mass is 162 g/mol. The summed E-state index contributed by atoms with van der Waals surface area (Å²) in [6.45, 7) is 0. The van der Waals surface area contributed by atoms with Crippen LogP contribution in [0.3, 0.4) is 0 Å². The molecule has 12 heavy (non-hydrogen) atoms. The third kappa shape index (κ3) is 0.914. The van der Waals surface area contributed by atoms with Gasteiger partial charge >= 0.3 is 0 Å². The number of nitrogens with two attached hydrogens (primary N) is 1. The number of nitrogens with zero attached hydrogens (tertiary/aromatic N) is 2. The maximum Gasteiger partial charge on any atom is 0.221 e. The van der Waals surface area contributed by atoms with Gasteiger partial charge in [0, 0.05) is 18.5 Å². The van der Waals surface area contributed by atoms with E-state index < -0.39 is 0 Å². The largest absolute Gasteiger partial charge is 0.368 e. The van der Waals surface area contributed by atoms with E-state index in [4.69, 9.17) is 5.73 Å². The Morgan fingerprint density at radius 2 is 2.33 bits per heavy atom. The highest BCUT2D eigenvalue weighted by Gasteiger charge is 1.98. The van der Waals surface area contributed by atoms with Crippen molar-refractivity contribution in [1.29, 1.82) is 0 Å². The van der Waals surface area contributed by atoms with Crippen LogP contribution >= 0.6 is 0 Å². The van der Waals surface area contributed by atoms with Crippen LogP contribution in [0.25, 0.3) is 11.0 Å². The van der Waals surface area contributed by atoms with Gasteiger partial charge in [0.25, 0.3) is 0 Å². The first kappa shape index (κ1) is 6.78. The fourth-order valence-electron chi connectivity index (χ4n) is 0.972. The van der Waals surface area contributed by atoms with Gasteiger partial charge in [-0.2, -0.15) is 4.98 Å². The summed E-state index contributed by atoms with van der Waals surface area (Å²) >= 11 is 0. The normalized spacial score (nSPS) is 10.3. The van der Waals surface area contributed by atoms with Crippen LogP contribution in [-0.2, 0) is 0 Å². The number of rotatable bonds is 0. The Morgan fingerprint density at radius 3 is 3.17 bits per heavy atom. The molecular weight excluding hydrogens is 156 g/mol. The van der Waals surface area contributed by atoms with Crippen molar-refractivity contribution >= 4 is 17.0 Å². The quantitative estimate of drug-likeness (QED) is 0.566. The highest BCUT2D eigenvalue weighted by Crippen LogP contribution is 2.01. The highest BCUT2D eigenvalue weighted by molar-refractivity contribution is 5.73. The third-order valence-electron chi connectivity index (χ3n) is 1.53. The van der Waals surface area contributed by atoms with Crippen molar-refractivity contribution < 1.29 is 0 Å². The fraction of sp³-hybridized carbons (Fsp3) is 0. The fourth-order valence-corrected chi connectivity index (χ4v) is 0.972. The maximum atomic E-state index is 11.1. The van der Waals surface area contributed by atoms with Gasteiger partial charge in [-0.15, -0.1) is 0 Å². The second-order valence-electron chi connectivity index (χ2n) is 2.33. The van der Waals surface area contributed by atoms with Crippen LogP contribution < -0.4 is 11.2 Å². The molecule has 0 aromatic carbocycles. The molecule has 5 heteroatoms. The minimum Gasteiger partial charge on any atom is -0.368 e. The Hall–Kier alpha value is -1.91. The van der Waals surface area contributed by atoms with Crippen molar-refractivity contribution in [1.82, 2.24) is 15.0 Å². The molecule has 0 spiro atoms. The molecule has 0 atom stereocenters. The number of nitrogen functional groups attached to an aromatic ring is 1. The van der Waals surface area contributed by atoms with E-state index in [9.17, 15) is 4.79 Å². The van der Waals surface area contributed by atoms with E-state index in [0.717, 1.165) is 0 Å². The molecule has 3 N–H and O–H groups in total. The van der Waals surface area contributed by atoms with Crippen molar-refractivity contribution in [2.75, 3.05) is 5.73 Å². The predicted molar refractivity (Wildman–Crippen MR) is 44.6 cm³/mol. The van der Waals surface area contributed by atoms with Gasteiger partial charge in [0.1, 0.15) is 5.65 Å². The van der Waals surface area contributed by atoms with Crippen LogP contribution in [0.15, 0.2) is 23.3 Å². The Balaban J connectivity index is 2.96. The van der Waals surface area contributed by atoms with Crippen molar-refractivity contribution in [3.8, 4) is 0 Å². The predicted octanol–water partition coefficient (Wildman–Crippen LogP) is -0.0997. The van der Waals surface area contributed by atoms with Gasteiger partial charge in [0.05, 0.1) is 5.39 Å². The van der Waals surface area contributed by atoms with Gasteiger partial charge in [0.2, 0.25) is 5.95 Å². The molecule has 2 aromatic rings. The van der Waals surface area contributed by atoms with Gasteiger partial charge < -0.3 is 10.7 Å².